The Morgan fingerprint density at radius 3 is 2.71 bits per heavy atom. The lowest BCUT2D eigenvalue weighted by molar-refractivity contribution is 0.101. The van der Waals surface area contributed by atoms with E-state index in [-0.39, 0.29) is 5.78 Å². The second kappa shape index (κ2) is 8.58. The number of hydrogen-bond donors (Lipinski definition) is 1. The molecular formula is C26H32N4O. The molecule has 1 aromatic heterocycles. The number of aryl methyl sites for hydroxylation is 1. The Hall–Kier alpha value is -3.08. The van der Waals surface area contributed by atoms with Crippen LogP contribution >= 0.6 is 0 Å². The maximum atomic E-state index is 12.2. The summed E-state index contributed by atoms with van der Waals surface area (Å²) in [6, 6.07) is 6.81. The Balaban J connectivity index is 1.59. The summed E-state index contributed by atoms with van der Waals surface area (Å²) in [5, 5.41) is 2.95. The molecule has 0 amide bonds. The van der Waals surface area contributed by atoms with Gasteiger partial charge < -0.3 is 4.57 Å². The van der Waals surface area contributed by atoms with Gasteiger partial charge in [-0.05, 0) is 68.5 Å². The Morgan fingerprint density at radius 1 is 1.32 bits per heavy atom. The number of nitrogens with one attached hydrogen (secondary N) is 1. The van der Waals surface area contributed by atoms with Gasteiger partial charge in [-0.3, -0.25) is 20.2 Å². The lowest BCUT2D eigenvalue weighted by Gasteiger charge is -2.29. The third kappa shape index (κ3) is 4.36. The average molecular weight is 417 g/mol. The van der Waals surface area contributed by atoms with Gasteiger partial charge in [0.2, 0.25) is 0 Å². The van der Waals surface area contributed by atoms with Gasteiger partial charge >= 0.3 is 0 Å². The fourth-order valence-electron chi connectivity index (χ4n) is 3.84. The Kier molecular flexibility index (Phi) is 5.86. The van der Waals surface area contributed by atoms with E-state index in [1.165, 1.54) is 12.8 Å². The van der Waals surface area contributed by atoms with Crippen LogP contribution in [0.5, 0.6) is 0 Å². The summed E-state index contributed by atoms with van der Waals surface area (Å²) in [4.78, 5) is 17.0. The molecule has 1 saturated carbocycles. The largest absolute Gasteiger partial charge is 0.347 e. The second-order valence-corrected chi connectivity index (χ2v) is 8.56. The SMILES string of the molecule is C=C1C=C(c2ccc3c(c2)c(C(C)=O)cn3CC)C=CN1NC(=NC1CC1)C(C)CC. The van der Waals surface area contributed by atoms with Crippen molar-refractivity contribution < 1.29 is 4.79 Å². The number of Topliss-reactive ketones (excluding diaryl/α,β-unsaturated/α-hetero) is 1. The van der Waals surface area contributed by atoms with Gasteiger partial charge in [-0.2, -0.15) is 0 Å². The van der Waals surface area contributed by atoms with Gasteiger partial charge in [-0.1, -0.05) is 26.5 Å². The summed E-state index contributed by atoms with van der Waals surface area (Å²) in [5.74, 6) is 1.50. The van der Waals surface area contributed by atoms with E-state index in [0.29, 0.717) is 12.0 Å². The van der Waals surface area contributed by atoms with Crippen molar-refractivity contribution in [3.8, 4) is 0 Å². The Labute approximate surface area is 184 Å². The summed E-state index contributed by atoms with van der Waals surface area (Å²) < 4.78 is 2.13. The fourth-order valence-corrected chi connectivity index (χ4v) is 3.84. The first-order valence-electron chi connectivity index (χ1n) is 11.3. The van der Waals surface area contributed by atoms with Crippen LogP contribution in [-0.2, 0) is 6.54 Å². The highest BCUT2D eigenvalue weighted by Gasteiger charge is 2.23. The molecule has 5 nitrogen and oxygen atoms in total. The molecule has 31 heavy (non-hydrogen) atoms. The minimum absolute atomic E-state index is 0.0924. The van der Waals surface area contributed by atoms with Gasteiger partial charge in [0, 0.05) is 41.3 Å². The van der Waals surface area contributed by atoms with Crippen LogP contribution in [0.2, 0.25) is 0 Å². The number of carbonyl (C=O) groups excluding carboxylic acids is 1. The van der Waals surface area contributed by atoms with E-state index in [1.807, 2.05) is 17.4 Å². The van der Waals surface area contributed by atoms with Crippen LogP contribution < -0.4 is 5.43 Å². The molecule has 0 saturated heterocycles. The van der Waals surface area contributed by atoms with Crippen molar-refractivity contribution in [2.45, 2.75) is 59.5 Å². The van der Waals surface area contributed by atoms with Crippen LogP contribution in [0.3, 0.4) is 0 Å². The van der Waals surface area contributed by atoms with Crippen molar-refractivity contribution in [2.24, 2.45) is 10.9 Å². The zero-order valence-corrected chi connectivity index (χ0v) is 19.0. The number of carbonyl (C=O) groups is 1. The number of amidine groups is 1. The highest BCUT2D eigenvalue weighted by Crippen LogP contribution is 2.30. The molecule has 162 valence electrons. The summed E-state index contributed by atoms with van der Waals surface area (Å²) in [5.41, 5.74) is 8.35. The first-order chi connectivity index (χ1) is 14.9. The molecule has 5 heteroatoms. The van der Waals surface area contributed by atoms with Crippen LogP contribution in [0.25, 0.3) is 16.5 Å². The van der Waals surface area contributed by atoms with Crippen molar-refractivity contribution >= 4 is 28.1 Å². The number of aliphatic imine (C=N–C) groups is 1. The van der Waals surface area contributed by atoms with Crippen molar-refractivity contribution in [1.29, 1.82) is 0 Å². The molecule has 1 aliphatic heterocycles. The number of fused-ring (bicyclic) bond motifs is 1. The number of aromatic nitrogens is 1. The predicted molar refractivity (Wildman–Crippen MR) is 129 cm³/mol. The van der Waals surface area contributed by atoms with Crippen LogP contribution in [0.15, 0.2) is 60.0 Å². The highest BCUT2D eigenvalue weighted by atomic mass is 16.1. The number of hydrogen-bond acceptors (Lipinski definition) is 3. The smallest absolute Gasteiger partial charge is 0.161 e. The number of nitrogens with zero attached hydrogens (tertiary/aromatic N) is 3. The zero-order chi connectivity index (χ0) is 22.1. The quantitative estimate of drug-likeness (QED) is 0.358. The van der Waals surface area contributed by atoms with E-state index in [9.17, 15) is 4.79 Å². The molecule has 0 radical (unpaired) electrons. The van der Waals surface area contributed by atoms with Crippen molar-refractivity contribution in [3.05, 3.63) is 66.2 Å². The van der Waals surface area contributed by atoms with Gasteiger partial charge in [0.15, 0.2) is 5.78 Å². The molecule has 0 spiro atoms. The molecule has 1 aliphatic carbocycles. The zero-order valence-electron chi connectivity index (χ0n) is 19.0. The van der Waals surface area contributed by atoms with Gasteiger partial charge in [0.25, 0.3) is 0 Å². The Bertz CT molecular complexity index is 1110. The first-order valence-corrected chi connectivity index (χ1v) is 11.3. The van der Waals surface area contributed by atoms with Gasteiger partial charge in [-0.15, -0.1) is 0 Å². The average Bonchev–Trinajstić information content (AvgIpc) is 3.50. The van der Waals surface area contributed by atoms with E-state index in [2.05, 4.69) is 67.7 Å². The summed E-state index contributed by atoms with van der Waals surface area (Å²) in [6.07, 6.45) is 11.5. The number of rotatable bonds is 7. The van der Waals surface area contributed by atoms with E-state index < -0.39 is 0 Å². The number of allylic oxidation sites excluding steroid dienone is 3. The van der Waals surface area contributed by atoms with E-state index in [4.69, 9.17) is 4.99 Å². The highest BCUT2D eigenvalue weighted by molar-refractivity contribution is 6.07. The van der Waals surface area contributed by atoms with Crippen molar-refractivity contribution in [2.75, 3.05) is 0 Å². The summed E-state index contributed by atoms with van der Waals surface area (Å²) in [6.45, 7) is 13.2. The standard InChI is InChI=1S/C26H32N4O/c1-6-17(3)26(27-22-9-10-22)28-30-13-12-21(14-18(30)4)20-8-11-25-23(15-20)24(19(5)31)16-29(25)7-2/h8,11-17,22H,4,6-7,9-10H2,1-3,5H3,(H,27,28). The van der Waals surface area contributed by atoms with E-state index in [0.717, 1.165) is 52.1 Å². The van der Waals surface area contributed by atoms with Gasteiger partial charge in [-0.25, -0.2) is 0 Å². The van der Waals surface area contributed by atoms with Gasteiger partial charge in [0.1, 0.15) is 5.84 Å². The third-order valence-corrected chi connectivity index (χ3v) is 6.15. The van der Waals surface area contributed by atoms with Crippen LogP contribution in [0.1, 0.15) is 62.9 Å². The van der Waals surface area contributed by atoms with Crippen molar-refractivity contribution in [3.63, 3.8) is 0 Å². The number of benzene rings is 1. The van der Waals surface area contributed by atoms with Crippen LogP contribution in [0, 0.1) is 5.92 Å². The number of ketones is 1. The fraction of sp³-hybridized carbons (Fsp3) is 0.385. The predicted octanol–water partition coefficient (Wildman–Crippen LogP) is 5.70. The first kappa shape index (κ1) is 21.2. The summed E-state index contributed by atoms with van der Waals surface area (Å²) >= 11 is 0. The third-order valence-electron chi connectivity index (χ3n) is 6.15. The van der Waals surface area contributed by atoms with Gasteiger partial charge in [0.05, 0.1) is 11.7 Å². The second-order valence-electron chi connectivity index (χ2n) is 8.56. The molecular weight excluding hydrogens is 384 g/mol. The molecule has 2 heterocycles. The topological polar surface area (TPSA) is 49.6 Å². The molecule has 1 aromatic carbocycles. The molecule has 1 fully saturated rings. The number of hydrazine groups is 1. The summed E-state index contributed by atoms with van der Waals surface area (Å²) in [7, 11) is 0. The normalized spacial score (nSPS) is 17.8. The van der Waals surface area contributed by atoms with E-state index >= 15 is 0 Å². The van der Waals surface area contributed by atoms with Crippen molar-refractivity contribution in [1.82, 2.24) is 15.0 Å². The van der Waals surface area contributed by atoms with Crippen LogP contribution in [-0.4, -0.2) is 27.2 Å². The molecule has 2 aliphatic rings. The minimum atomic E-state index is 0.0924. The monoisotopic (exact) mass is 416 g/mol. The maximum absolute atomic E-state index is 12.2. The minimum Gasteiger partial charge on any atom is -0.347 e. The lowest BCUT2D eigenvalue weighted by Crippen LogP contribution is -2.41. The lowest BCUT2D eigenvalue weighted by atomic mass is 9.99. The molecule has 1 atom stereocenters. The molecule has 1 N–H and O–H groups in total. The molecule has 4 rings (SSSR count). The van der Waals surface area contributed by atoms with E-state index in [1.54, 1.807) is 6.92 Å². The molecule has 1 unspecified atom stereocenters. The molecule has 2 aromatic rings. The molecule has 0 bridgehead atoms. The maximum Gasteiger partial charge on any atom is 0.161 e. The Morgan fingerprint density at radius 2 is 2.10 bits per heavy atom. The van der Waals surface area contributed by atoms with Crippen LogP contribution in [0.4, 0.5) is 0 Å².